The average Bonchev–Trinajstić information content (AvgIpc) is 2.91. The van der Waals surface area contributed by atoms with Crippen LogP contribution in [-0.2, 0) is 9.47 Å². The van der Waals surface area contributed by atoms with E-state index in [4.69, 9.17) is 9.47 Å². The molecule has 24 heavy (non-hydrogen) atoms. The van der Waals surface area contributed by atoms with E-state index in [-0.39, 0.29) is 12.2 Å². The van der Waals surface area contributed by atoms with Crippen molar-refractivity contribution in [3.63, 3.8) is 0 Å². The normalized spacial score (nSPS) is 25.9. The molecule has 5 heteroatoms. The first-order valence-electron chi connectivity index (χ1n) is 9.68. The largest absolute Gasteiger partial charge is 0.444 e. The van der Waals surface area contributed by atoms with E-state index in [0.29, 0.717) is 6.04 Å². The van der Waals surface area contributed by atoms with Gasteiger partial charge in [-0.25, -0.2) is 4.79 Å². The minimum absolute atomic E-state index is 0.198. The van der Waals surface area contributed by atoms with Crippen molar-refractivity contribution in [2.24, 2.45) is 5.92 Å². The first-order valence-corrected chi connectivity index (χ1v) is 9.68. The van der Waals surface area contributed by atoms with Crippen molar-refractivity contribution < 1.29 is 14.3 Å². The molecule has 0 bridgehead atoms. The Balaban J connectivity index is 1.52. The molecule has 0 spiro atoms. The van der Waals surface area contributed by atoms with Crippen LogP contribution in [0.2, 0.25) is 0 Å². The van der Waals surface area contributed by atoms with Crippen LogP contribution in [0.1, 0.15) is 66.2 Å². The van der Waals surface area contributed by atoms with Gasteiger partial charge in [-0.3, -0.25) is 0 Å². The van der Waals surface area contributed by atoms with Crippen molar-refractivity contribution in [1.29, 1.82) is 0 Å². The summed E-state index contributed by atoms with van der Waals surface area (Å²) in [6, 6.07) is 0.710. The van der Waals surface area contributed by atoms with Crippen LogP contribution in [0.15, 0.2) is 0 Å². The molecule has 2 aliphatic rings. The third-order valence-corrected chi connectivity index (χ3v) is 5.04. The van der Waals surface area contributed by atoms with Gasteiger partial charge >= 0.3 is 6.09 Å². The smallest absolute Gasteiger partial charge is 0.410 e. The van der Waals surface area contributed by atoms with Gasteiger partial charge in [0.15, 0.2) is 0 Å². The van der Waals surface area contributed by atoms with E-state index in [9.17, 15) is 4.79 Å². The van der Waals surface area contributed by atoms with Crippen LogP contribution in [0.5, 0.6) is 0 Å². The highest BCUT2D eigenvalue weighted by molar-refractivity contribution is 5.68. The lowest BCUT2D eigenvalue weighted by atomic mass is 10.1. The predicted molar refractivity (Wildman–Crippen MR) is 96.2 cm³/mol. The number of nitrogens with one attached hydrogen (secondary N) is 1. The first-order chi connectivity index (χ1) is 11.3. The fraction of sp³-hybridized carbons (Fsp3) is 0.947. The minimum Gasteiger partial charge on any atom is -0.444 e. The van der Waals surface area contributed by atoms with E-state index in [2.05, 4.69) is 12.2 Å². The summed E-state index contributed by atoms with van der Waals surface area (Å²) in [4.78, 5) is 13.8. The Hall–Kier alpha value is -0.810. The van der Waals surface area contributed by atoms with Gasteiger partial charge in [0, 0.05) is 25.7 Å². The lowest BCUT2D eigenvalue weighted by Crippen LogP contribution is -2.43. The molecule has 1 heterocycles. The number of nitrogens with zero attached hydrogens (tertiary/aromatic N) is 1. The van der Waals surface area contributed by atoms with E-state index in [0.717, 1.165) is 51.4 Å². The van der Waals surface area contributed by atoms with Crippen molar-refractivity contribution in [2.45, 2.75) is 84.0 Å². The van der Waals surface area contributed by atoms with E-state index in [1.807, 2.05) is 20.8 Å². The summed E-state index contributed by atoms with van der Waals surface area (Å²) >= 11 is 0. The molecular weight excluding hydrogens is 304 g/mol. The number of rotatable bonds is 6. The number of ether oxygens (including phenoxy) is 2. The summed E-state index contributed by atoms with van der Waals surface area (Å²) in [7, 11) is 0. The molecule has 0 aromatic rings. The highest BCUT2D eigenvalue weighted by Crippen LogP contribution is 2.24. The van der Waals surface area contributed by atoms with Gasteiger partial charge in [0.2, 0.25) is 0 Å². The molecule has 0 aromatic heterocycles. The number of piperidine rings is 1. The van der Waals surface area contributed by atoms with E-state index < -0.39 is 5.60 Å². The fourth-order valence-electron chi connectivity index (χ4n) is 3.59. The van der Waals surface area contributed by atoms with Crippen LogP contribution in [0.4, 0.5) is 4.79 Å². The zero-order valence-electron chi connectivity index (χ0n) is 16.0. The monoisotopic (exact) mass is 340 g/mol. The number of hydrogen-bond acceptors (Lipinski definition) is 4. The van der Waals surface area contributed by atoms with Gasteiger partial charge in [-0.2, -0.15) is 0 Å². The van der Waals surface area contributed by atoms with Crippen molar-refractivity contribution in [3.8, 4) is 0 Å². The Kier molecular flexibility index (Phi) is 7.35. The van der Waals surface area contributed by atoms with Crippen LogP contribution in [-0.4, -0.2) is 55.0 Å². The predicted octanol–water partition coefficient (Wildman–Crippen LogP) is 3.57. The number of likely N-dealkylation sites (tertiary alicyclic amines) is 1. The van der Waals surface area contributed by atoms with Crippen molar-refractivity contribution in [2.75, 3.05) is 26.2 Å². The molecule has 2 unspecified atom stereocenters. The molecule has 2 rings (SSSR count). The highest BCUT2D eigenvalue weighted by atomic mass is 16.6. The van der Waals surface area contributed by atoms with E-state index in [1.54, 1.807) is 4.90 Å². The van der Waals surface area contributed by atoms with Gasteiger partial charge in [-0.15, -0.1) is 0 Å². The molecular formula is C19H36N2O3. The first kappa shape index (κ1) is 19.5. The Labute approximate surface area is 147 Å². The second-order valence-electron chi connectivity index (χ2n) is 8.36. The number of carbonyl (C=O) groups is 1. The second-order valence-corrected chi connectivity index (χ2v) is 8.36. The topological polar surface area (TPSA) is 50.8 Å². The summed E-state index contributed by atoms with van der Waals surface area (Å²) in [6.45, 7) is 11.4. The second kappa shape index (κ2) is 9.04. The van der Waals surface area contributed by atoms with Gasteiger partial charge in [-0.1, -0.05) is 13.3 Å². The molecule has 2 fully saturated rings. The van der Waals surface area contributed by atoms with E-state index >= 15 is 0 Å². The highest BCUT2D eigenvalue weighted by Gasteiger charge is 2.27. The van der Waals surface area contributed by atoms with Crippen molar-refractivity contribution in [1.82, 2.24) is 10.2 Å². The molecule has 1 N–H and O–H groups in total. The van der Waals surface area contributed by atoms with E-state index in [1.165, 1.54) is 19.3 Å². The maximum Gasteiger partial charge on any atom is 0.410 e. The zero-order chi connectivity index (χ0) is 17.6. The average molecular weight is 341 g/mol. The number of amides is 1. The van der Waals surface area contributed by atoms with Gasteiger partial charge in [0.25, 0.3) is 0 Å². The fourth-order valence-corrected chi connectivity index (χ4v) is 3.59. The van der Waals surface area contributed by atoms with Gasteiger partial charge in [-0.05, 0) is 65.3 Å². The summed E-state index contributed by atoms with van der Waals surface area (Å²) in [6.07, 6.45) is 7.03. The minimum atomic E-state index is -0.422. The summed E-state index contributed by atoms with van der Waals surface area (Å²) < 4.78 is 11.4. The Bertz CT molecular complexity index is 387. The Morgan fingerprint density at radius 1 is 1.17 bits per heavy atom. The van der Waals surface area contributed by atoms with Crippen LogP contribution < -0.4 is 5.32 Å². The molecule has 5 nitrogen and oxygen atoms in total. The molecule has 140 valence electrons. The van der Waals surface area contributed by atoms with Gasteiger partial charge < -0.3 is 19.7 Å². The third-order valence-electron chi connectivity index (χ3n) is 5.04. The summed E-state index contributed by atoms with van der Waals surface area (Å²) in [5, 5.41) is 3.66. The zero-order valence-corrected chi connectivity index (χ0v) is 16.0. The Morgan fingerprint density at radius 3 is 2.46 bits per heavy atom. The quantitative estimate of drug-likeness (QED) is 0.751. The van der Waals surface area contributed by atoms with Crippen LogP contribution in [0, 0.1) is 5.92 Å². The molecule has 1 saturated carbocycles. The molecule has 1 aliphatic carbocycles. The van der Waals surface area contributed by atoms with Crippen molar-refractivity contribution in [3.05, 3.63) is 0 Å². The summed E-state index contributed by atoms with van der Waals surface area (Å²) in [5.41, 5.74) is -0.422. The molecule has 2 atom stereocenters. The molecule has 0 aromatic carbocycles. The number of hydrogen-bond donors (Lipinski definition) is 1. The molecule has 1 amide bonds. The standard InChI is InChI=1S/C19H36N2O3/c1-15-7-5-8-17(15)20-11-6-14-23-16-9-12-21(13-10-16)18(22)24-19(2,3)4/h15-17,20H,5-14H2,1-4H3. The lowest BCUT2D eigenvalue weighted by Gasteiger charge is -2.33. The van der Waals surface area contributed by atoms with Crippen LogP contribution >= 0.6 is 0 Å². The third kappa shape index (κ3) is 6.60. The van der Waals surface area contributed by atoms with Gasteiger partial charge in [0.05, 0.1) is 6.10 Å². The Morgan fingerprint density at radius 2 is 1.88 bits per heavy atom. The number of carbonyl (C=O) groups excluding carboxylic acids is 1. The molecule has 0 radical (unpaired) electrons. The lowest BCUT2D eigenvalue weighted by molar-refractivity contribution is -0.0118. The SMILES string of the molecule is CC1CCCC1NCCCOC1CCN(C(=O)OC(C)(C)C)CC1. The summed E-state index contributed by atoms with van der Waals surface area (Å²) in [5.74, 6) is 0.822. The molecule has 1 saturated heterocycles. The maximum absolute atomic E-state index is 12.0. The maximum atomic E-state index is 12.0. The van der Waals surface area contributed by atoms with Gasteiger partial charge in [0.1, 0.15) is 5.60 Å². The van der Waals surface area contributed by atoms with Crippen LogP contribution in [0.25, 0.3) is 0 Å². The van der Waals surface area contributed by atoms with Crippen molar-refractivity contribution >= 4 is 6.09 Å². The molecule has 1 aliphatic heterocycles. The van der Waals surface area contributed by atoms with Crippen LogP contribution in [0.3, 0.4) is 0 Å².